The molecule has 3 aliphatic rings. The average molecular weight is 566 g/mol. The zero-order chi connectivity index (χ0) is 22.7. The number of imide groups is 1. The van der Waals surface area contributed by atoms with Crippen LogP contribution in [0.25, 0.3) is 0 Å². The Morgan fingerprint density at radius 3 is 2.30 bits per heavy atom. The maximum atomic E-state index is 12.8. The van der Waals surface area contributed by atoms with Gasteiger partial charge in [-0.1, -0.05) is 42.5 Å². The van der Waals surface area contributed by atoms with Gasteiger partial charge in [0.1, 0.15) is 0 Å². The monoisotopic (exact) mass is 565 g/mol. The standard InChI is InChI=1S/C25H35N5O2.HI/c1-26-25(28-16-20(29(2)3)14-17-8-5-4-6-9-17)27-12-7-13-30-23(31)21-18-10-11-19(15-18)22(21)24(30)32;/h4-6,8-11,18-22H,7,12-16H2,1-3H3,(H2,26,27,28);1H. The largest absolute Gasteiger partial charge is 0.356 e. The number of halogens is 1. The number of nitrogens with one attached hydrogen (secondary N) is 2. The third-order valence-electron chi connectivity index (χ3n) is 7.19. The van der Waals surface area contributed by atoms with E-state index in [1.165, 1.54) is 10.5 Å². The molecule has 2 N–H and O–H groups in total. The van der Waals surface area contributed by atoms with Gasteiger partial charge in [0, 0.05) is 32.7 Å². The molecule has 2 fully saturated rings. The number of aliphatic imine (C=N–C) groups is 1. The maximum Gasteiger partial charge on any atom is 0.233 e. The van der Waals surface area contributed by atoms with Gasteiger partial charge in [0.25, 0.3) is 0 Å². The van der Waals surface area contributed by atoms with Crippen LogP contribution in [0.3, 0.4) is 0 Å². The first kappa shape index (κ1) is 25.7. The predicted molar refractivity (Wildman–Crippen MR) is 141 cm³/mol. The summed E-state index contributed by atoms with van der Waals surface area (Å²) in [6.07, 6.45) is 6.91. The highest BCUT2D eigenvalue weighted by molar-refractivity contribution is 14.0. The zero-order valence-electron chi connectivity index (χ0n) is 19.7. The lowest BCUT2D eigenvalue weighted by Crippen LogP contribution is -2.46. The summed E-state index contributed by atoms with van der Waals surface area (Å²) in [6.45, 7) is 1.90. The van der Waals surface area contributed by atoms with E-state index in [1.54, 1.807) is 7.05 Å². The van der Waals surface area contributed by atoms with Crippen molar-refractivity contribution < 1.29 is 9.59 Å². The number of rotatable bonds is 9. The number of allylic oxidation sites excluding steroid dienone is 2. The van der Waals surface area contributed by atoms with Crippen LogP contribution in [0.5, 0.6) is 0 Å². The van der Waals surface area contributed by atoms with E-state index in [0.29, 0.717) is 25.6 Å². The molecule has 2 bridgehead atoms. The molecule has 5 unspecified atom stereocenters. The van der Waals surface area contributed by atoms with Gasteiger partial charge in [-0.15, -0.1) is 24.0 Å². The molecule has 1 aromatic rings. The quantitative estimate of drug-likeness (QED) is 0.120. The highest BCUT2D eigenvalue weighted by atomic mass is 127. The van der Waals surface area contributed by atoms with Crippen molar-refractivity contribution in [2.24, 2.45) is 28.7 Å². The van der Waals surface area contributed by atoms with Gasteiger partial charge in [0.15, 0.2) is 5.96 Å². The smallest absolute Gasteiger partial charge is 0.233 e. The Bertz CT molecular complexity index is 858. The first-order valence-corrected chi connectivity index (χ1v) is 11.7. The normalized spacial score (nSPS) is 26.5. The van der Waals surface area contributed by atoms with Crippen LogP contribution < -0.4 is 10.6 Å². The lowest BCUT2D eigenvalue weighted by Gasteiger charge is -2.26. The van der Waals surface area contributed by atoms with E-state index >= 15 is 0 Å². The number of carbonyl (C=O) groups is 2. The van der Waals surface area contributed by atoms with Crippen molar-refractivity contribution in [3.8, 4) is 0 Å². The molecule has 1 saturated carbocycles. The molecule has 1 heterocycles. The van der Waals surface area contributed by atoms with Crippen molar-refractivity contribution in [2.45, 2.75) is 25.3 Å². The Morgan fingerprint density at radius 2 is 1.73 bits per heavy atom. The molecule has 180 valence electrons. The van der Waals surface area contributed by atoms with Crippen LogP contribution in [0.2, 0.25) is 0 Å². The Labute approximate surface area is 214 Å². The second kappa shape index (κ2) is 11.5. The summed E-state index contributed by atoms with van der Waals surface area (Å²) in [6, 6.07) is 10.8. The second-order valence-electron chi connectivity index (χ2n) is 9.37. The molecular formula is C25H36IN5O2. The molecular weight excluding hydrogens is 529 g/mol. The fraction of sp³-hybridized carbons (Fsp3) is 0.560. The van der Waals surface area contributed by atoms with Gasteiger partial charge >= 0.3 is 0 Å². The Hall–Kier alpha value is -1.94. The lowest BCUT2D eigenvalue weighted by molar-refractivity contribution is -0.140. The number of amides is 2. The minimum absolute atomic E-state index is 0. The predicted octanol–water partition coefficient (Wildman–Crippen LogP) is 2.14. The number of fused-ring (bicyclic) bond motifs is 5. The molecule has 8 heteroatoms. The van der Waals surface area contributed by atoms with Crippen molar-refractivity contribution >= 4 is 41.8 Å². The summed E-state index contributed by atoms with van der Waals surface area (Å²) in [4.78, 5) is 33.6. The fourth-order valence-electron chi connectivity index (χ4n) is 5.39. The Morgan fingerprint density at radius 1 is 1.09 bits per heavy atom. The Balaban J connectivity index is 0.00000306. The first-order valence-electron chi connectivity index (χ1n) is 11.7. The molecule has 0 radical (unpaired) electrons. The highest BCUT2D eigenvalue weighted by Gasteiger charge is 2.58. The van der Waals surface area contributed by atoms with Gasteiger partial charge in [-0.2, -0.15) is 0 Å². The summed E-state index contributed by atoms with van der Waals surface area (Å²) < 4.78 is 0. The van der Waals surface area contributed by atoms with E-state index in [2.05, 4.69) is 71.0 Å². The van der Waals surface area contributed by atoms with Crippen LogP contribution in [0.1, 0.15) is 18.4 Å². The summed E-state index contributed by atoms with van der Waals surface area (Å²) in [5, 5.41) is 6.73. The molecule has 0 spiro atoms. The lowest BCUT2D eigenvalue weighted by atomic mass is 9.85. The van der Waals surface area contributed by atoms with Crippen molar-refractivity contribution in [1.82, 2.24) is 20.4 Å². The van der Waals surface area contributed by atoms with Crippen LogP contribution in [-0.2, 0) is 16.0 Å². The maximum absolute atomic E-state index is 12.8. The minimum atomic E-state index is -0.104. The third-order valence-corrected chi connectivity index (χ3v) is 7.19. The van der Waals surface area contributed by atoms with Crippen LogP contribution in [0.15, 0.2) is 47.5 Å². The van der Waals surface area contributed by atoms with Crippen molar-refractivity contribution in [1.29, 1.82) is 0 Å². The number of benzene rings is 1. The SMILES string of the molecule is CN=C(NCCCN1C(=O)C2C3C=CC(C3)C2C1=O)NCC(Cc1ccccc1)N(C)C.I. The topological polar surface area (TPSA) is 77.0 Å². The number of hydrogen-bond acceptors (Lipinski definition) is 4. The molecule has 5 atom stereocenters. The fourth-order valence-corrected chi connectivity index (χ4v) is 5.39. The first-order chi connectivity index (χ1) is 15.5. The van der Waals surface area contributed by atoms with Gasteiger partial charge in [-0.25, -0.2) is 0 Å². The van der Waals surface area contributed by atoms with E-state index in [4.69, 9.17) is 0 Å². The summed E-state index contributed by atoms with van der Waals surface area (Å²) in [5.41, 5.74) is 1.31. The zero-order valence-corrected chi connectivity index (χ0v) is 22.1. The molecule has 2 amide bonds. The molecule has 1 aliphatic heterocycles. The van der Waals surface area contributed by atoms with Gasteiger partial charge in [0.2, 0.25) is 11.8 Å². The van der Waals surface area contributed by atoms with Gasteiger partial charge < -0.3 is 15.5 Å². The summed E-state index contributed by atoms with van der Waals surface area (Å²) in [7, 11) is 5.94. The molecule has 0 aromatic heterocycles. The van der Waals surface area contributed by atoms with E-state index < -0.39 is 0 Å². The van der Waals surface area contributed by atoms with Crippen LogP contribution in [0, 0.1) is 23.7 Å². The number of guanidine groups is 1. The molecule has 2 aliphatic carbocycles. The summed E-state index contributed by atoms with van der Waals surface area (Å²) in [5.74, 6) is 1.15. The minimum Gasteiger partial charge on any atom is -0.356 e. The number of carbonyl (C=O) groups excluding carboxylic acids is 2. The van der Waals surface area contributed by atoms with Crippen molar-refractivity contribution in [3.63, 3.8) is 0 Å². The van der Waals surface area contributed by atoms with Gasteiger partial charge in [-0.3, -0.25) is 19.5 Å². The average Bonchev–Trinajstić information content (AvgIpc) is 3.47. The number of likely N-dealkylation sites (tertiary alicyclic amines) is 1. The highest BCUT2D eigenvalue weighted by Crippen LogP contribution is 2.52. The van der Waals surface area contributed by atoms with Gasteiger partial charge in [-0.05, 0) is 50.8 Å². The van der Waals surface area contributed by atoms with E-state index in [0.717, 1.165) is 25.3 Å². The van der Waals surface area contributed by atoms with Gasteiger partial charge in [0.05, 0.1) is 11.8 Å². The Kier molecular flexibility index (Phi) is 8.92. The second-order valence-corrected chi connectivity index (χ2v) is 9.37. The van der Waals surface area contributed by atoms with Crippen LogP contribution in [-0.4, -0.2) is 74.4 Å². The number of nitrogens with zero attached hydrogens (tertiary/aromatic N) is 3. The molecule has 33 heavy (non-hydrogen) atoms. The number of likely N-dealkylation sites (N-methyl/N-ethyl adjacent to an activating group) is 1. The molecule has 1 saturated heterocycles. The van der Waals surface area contributed by atoms with Crippen LogP contribution >= 0.6 is 24.0 Å². The summed E-state index contributed by atoms with van der Waals surface area (Å²) >= 11 is 0. The van der Waals surface area contributed by atoms with E-state index in [9.17, 15) is 9.59 Å². The number of hydrogen-bond donors (Lipinski definition) is 2. The van der Waals surface area contributed by atoms with Crippen LogP contribution in [0.4, 0.5) is 0 Å². The molecule has 1 aromatic carbocycles. The van der Waals surface area contributed by atoms with E-state index in [-0.39, 0.29) is 59.5 Å². The van der Waals surface area contributed by atoms with Crippen molar-refractivity contribution in [2.75, 3.05) is 40.8 Å². The molecule has 4 rings (SSSR count). The van der Waals surface area contributed by atoms with E-state index in [1.807, 2.05) is 6.07 Å². The molecule has 7 nitrogen and oxygen atoms in total. The third kappa shape index (κ3) is 5.59. The van der Waals surface area contributed by atoms with Crippen molar-refractivity contribution in [3.05, 3.63) is 48.0 Å².